The van der Waals surface area contributed by atoms with Crippen LogP contribution < -0.4 is 15.1 Å². The predicted molar refractivity (Wildman–Crippen MR) is 112 cm³/mol. The van der Waals surface area contributed by atoms with Crippen molar-refractivity contribution in [2.45, 2.75) is 33.3 Å². The number of piperazine rings is 1. The molecule has 0 atom stereocenters. The number of guanidine groups is 1. The molecule has 0 saturated carbocycles. The van der Waals surface area contributed by atoms with Crippen molar-refractivity contribution in [3.63, 3.8) is 0 Å². The number of aliphatic imine (C=N–C) groups is 1. The molecule has 0 radical (unpaired) electrons. The van der Waals surface area contributed by atoms with Gasteiger partial charge in [0, 0.05) is 32.4 Å². The molecule has 7 nitrogen and oxygen atoms in total. The van der Waals surface area contributed by atoms with E-state index in [0.29, 0.717) is 5.96 Å². The summed E-state index contributed by atoms with van der Waals surface area (Å²) in [6.07, 6.45) is 1.82. The minimum atomic E-state index is -0.242. The second-order valence-corrected chi connectivity index (χ2v) is 7.87. The van der Waals surface area contributed by atoms with Crippen molar-refractivity contribution in [2.75, 3.05) is 31.1 Å². The van der Waals surface area contributed by atoms with E-state index in [-0.39, 0.29) is 5.60 Å². The first kappa shape index (κ1) is 19.9. The number of benzene rings is 1. The average Bonchev–Trinajstić information content (AvgIpc) is 2.67. The highest BCUT2D eigenvalue weighted by Crippen LogP contribution is 2.23. The summed E-state index contributed by atoms with van der Waals surface area (Å²) >= 11 is 0. The Labute approximate surface area is 166 Å². The van der Waals surface area contributed by atoms with Crippen molar-refractivity contribution < 1.29 is 9.94 Å². The lowest BCUT2D eigenvalue weighted by molar-refractivity contribution is 0.131. The van der Waals surface area contributed by atoms with Crippen LogP contribution in [0.1, 0.15) is 26.3 Å². The molecule has 1 aromatic heterocycles. The van der Waals surface area contributed by atoms with Crippen LogP contribution >= 0.6 is 0 Å². The summed E-state index contributed by atoms with van der Waals surface area (Å²) in [6.45, 7) is 11.2. The number of hydrogen-bond donors (Lipinski definition) is 2. The fourth-order valence-corrected chi connectivity index (χ4v) is 3.17. The normalized spacial score (nSPS) is 15.5. The number of hydroxylamine groups is 1. The van der Waals surface area contributed by atoms with Gasteiger partial charge in [-0.25, -0.2) is 15.5 Å². The zero-order chi connectivity index (χ0) is 20.1. The number of aryl methyl sites for hydroxylation is 1. The van der Waals surface area contributed by atoms with Gasteiger partial charge < -0.3 is 14.5 Å². The van der Waals surface area contributed by atoms with Crippen LogP contribution in [0, 0.1) is 6.92 Å². The molecule has 150 valence electrons. The highest BCUT2D eigenvalue weighted by Gasteiger charge is 2.21. The summed E-state index contributed by atoms with van der Waals surface area (Å²) in [4.78, 5) is 13.3. The van der Waals surface area contributed by atoms with Gasteiger partial charge in [-0.3, -0.25) is 5.21 Å². The summed E-state index contributed by atoms with van der Waals surface area (Å²) in [7, 11) is 0. The Morgan fingerprint density at radius 1 is 1.11 bits per heavy atom. The molecule has 0 amide bonds. The Balaban J connectivity index is 1.65. The largest absolute Gasteiger partial charge is 0.488 e. The Hall–Kier alpha value is -2.80. The zero-order valence-electron chi connectivity index (χ0n) is 17.0. The van der Waals surface area contributed by atoms with Gasteiger partial charge >= 0.3 is 0 Å². The van der Waals surface area contributed by atoms with Crippen LogP contribution in [0.4, 0.5) is 11.5 Å². The topological polar surface area (TPSA) is 73.2 Å². The summed E-state index contributed by atoms with van der Waals surface area (Å²) in [5.41, 5.74) is 3.93. The van der Waals surface area contributed by atoms with E-state index < -0.39 is 0 Å². The lowest BCUT2D eigenvalue weighted by Crippen LogP contribution is -2.52. The highest BCUT2D eigenvalue weighted by molar-refractivity contribution is 5.82. The van der Waals surface area contributed by atoms with E-state index in [2.05, 4.69) is 33.3 Å². The van der Waals surface area contributed by atoms with Crippen LogP contribution in [0.2, 0.25) is 0 Å². The van der Waals surface area contributed by atoms with Crippen LogP contribution in [0.3, 0.4) is 0 Å². The second-order valence-electron chi connectivity index (χ2n) is 7.87. The molecule has 2 N–H and O–H groups in total. The first-order valence-corrected chi connectivity index (χ1v) is 9.55. The molecule has 0 bridgehead atoms. The molecular formula is C21H29N5O2. The summed E-state index contributed by atoms with van der Waals surface area (Å²) in [6, 6.07) is 11.6. The Bertz CT molecular complexity index is 806. The predicted octanol–water partition coefficient (Wildman–Crippen LogP) is 3.36. The average molecular weight is 383 g/mol. The van der Waals surface area contributed by atoms with Crippen LogP contribution in [0.5, 0.6) is 5.75 Å². The van der Waals surface area contributed by atoms with E-state index in [4.69, 9.17) is 4.74 Å². The van der Waals surface area contributed by atoms with E-state index in [1.807, 2.05) is 62.2 Å². The van der Waals surface area contributed by atoms with Crippen LogP contribution in [-0.2, 0) is 0 Å². The maximum Gasteiger partial charge on any atom is 0.223 e. The lowest BCUT2D eigenvalue weighted by Gasteiger charge is -2.36. The maximum absolute atomic E-state index is 9.60. The van der Waals surface area contributed by atoms with Gasteiger partial charge in [-0.2, -0.15) is 0 Å². The quantitative estimate of drug-likeness (QED) is 0.481. The first-order valence-electron chi connectivity index (χ1n) is 9.55. The summed E-state index contributed by atoms with van der Waals surface area (Å²) < 4.78 is 5.83. The Morgan fingerprint density at radius 3 is 2.36 bits per heavy atom. The van der Waals surface area contributed by atoms with Gasteiger partial charge in [0.25, 0.3) is 0 Å². The Morgan fingerprint density at radius 2 is 1.79 bits per heavy atom. The molecular weight excluding hydrogens is 354 g/mol. The van der Waals surface area contributed by atoms with Gasteiger partial charge in [0.2, 0.25) is 5.96 Å². The van der Waals surface area contributed by atoms with Crippen molar-refractivity contribution in [3.05, 3.63) is 48.2 Å². The van der Waals surface area contributed by atoms with E-state index in [1.165, 1.54) is 5.56 Å². The van der Waals surface area contributed by atoms with E-state index in [9.17, 15) is 5.21 Å². The van der Waals surface area contributed by atoms with Gasteiger partial charge in [0.15, 0.2) is 0 Å². The fourth-order valence-electron chi connectivity index (χ4n) is 3.17. The van der Waals surface area contributed by atoms with Gasteiger partial charge in [-0.15, -0.1) is 0 Å². The molecule has 1 aromatic carbocycles. The zero-order valence-corrected chi connectivity index (χ0v) is 17.0. The molecule has 1 aliphatic heterocycles. The van der Waals surface area contributed by atoms with Gasteiger partial charge in [-0.05, 0) is 63.6 Å². The number of nitrogens with zero attached hydrogens (tertiary/aromatic N) is 4. The fraction of sp³-hybridized carbons (Fsp3) is 0.429. The third-order valence-electron chi connectivity index (χ3n) is 4.46. The molecule has 1 saturated heterocycles. The SMILES string of the molecule is Cc1cccnc1N1CCN(C(=Nc2ccc(OC(C)(C)C)cc2)NO)CC1. The van der Waals surface area contributed by atoms with Crippen molar-refractivity contribution >= 4 is 17.5 Å². The number of rotatable bonds is 3. The van der Waals surface area contributed by atoms with Gasteiger partial charge in [0.05, 0.1) is 5.69 Å². The minimum absolute atomic E-state index is 0.242. The molecule has 3 rings (SSSR count). The van der Waals surface area contributed by atoms with Crippen molar-refractivity contribution in [2.24, 2.45) is 4.99 Å². The second kappa shape index (κ2) is 8.48. The lowest BCUT2D eigenvalue weighted by atomic mass is 10.2. The number of aromatic nitrogens is 1. The van der Waals surface area contributed by atoms with E-state index >= 15 is 0 Å². The van der Waals surface area contributed by atoms with Crippen LogP contribution in [-0.4, -0.2) is 52.8 Å². The molecule has 0 aliphatic carbocycles. The van der Waals surface area contributed by atoms with Gasteiger partial charge in [0.1, 0.15) is 17.2 Å². The molecule has 1 aliphatic rings. The molecule has 1 fully saturated rings. The molecule has 7 heteroatoms. The third-order valence-corrected chi connectivity index (χ3v) is 4.46. The smallest absolute Gasteiger partial charge is 0.223 e. The third kappa shape index (κ3) is 5.13. The molecule has 0 spiro atoms. The van der Waals surface area contributed by atoms with E-state index in [1.54, 1.807) is 0 Å². The van der Waals surface area contributed by atoms with Crippen molar-refractivity contribution in [1.82, 2.24) is 15.4 Å². The standard InChI is InChI=1S/C21H29N5O2/c1-16-6-5-11-22-19(16)25-12-14-26(15-13-25)20(24-27)23-17-7-9-18(10-8-17)28-21(2,3)4/h5-11,27H,12-15H2,1-4H3,(H,23,24). The van der Waals surface area contributed by atoms with Crippen molar-refractivity contribution in [1.29, 1.82) is 0 Å². The minimum Gasteiger partial charge on any atom is -0.488 e. The van der Waals surface area contributed by atoms with Gasteiger partial charge in [-0.1, -0.05) is 6.07 Å². The number of nitrogens with one attached hydrogen (secondary N) is 1. The maximum atomic E-state index is 9.60. The molecule has 28 heavy (non-hydrogen) atoms. The van der Waals surface area contributed by atoms with Crippen molar-refractivity contribution in [3.8, 4) is 5.75 Å². The summed E-state index contributed by atoms with van der Waals surface area (Å²) in [5, 5.41) is 9.60. The van der Waals surface area contributed by atoms with Crippen LogP contribution in [0.15, 0.2) is 47.6 Å². The molecule has 0 unspecified atom stereocenters. The highest BCUT2D eigenvalue weighted by atomic mass is 16.5. The monoisotopic (exact) mass is 383 g/mol. The Kier molecular flexibility index (Phi) is 6.04. The number of pyridine rings is 1. The number of anilines is 1. The van der Waals surface area contributed by atoms with Crippen LogP contribution in [0.25, 0.3) is 0 Å². The summed E-state index contributed by atoms with van der Waals surface area (Å²) in [5.74, 6) is 2.26. The molecule has 2 heterocycles. The number of ether oxygens (including phenoxy) is 1. The first-order chi connectivity index (χ1) is 13.4. The molecule has 2 aromatic rings. The number of hydrogen-bond acceptors (Lipinski definition) is 5. The van der Waals surface area contributed by atoms with E-state index in [0.717, 1.165) is 43.4 Å².